The van der Waals surface area contributed by atoms with Crippen LogP contribution in [0.4, 0.5) is 0 Å². The molecule has 2 aromatic rings. The van der Waals surface area contributed by atoms with Gasteiger partial charge in [0.25, 0.3) is 0 Å². The Morgan fingerprint density at radius 1 is 0.921 bits per heavy atom. The minimum atomic E-state index is -1.17. The van der Waals surface area contributed by atoms with E-state index in [2.05, 4.69) is 21.3 Å². The lowest BCUT2D eigenvalue weighted by molar-refractivity contribution is -0.130. The van der Waals surface area contributed by atoms with E-state index in [1.165, 1.54) is 18.4 Å². The number of amides is 2. The third-order valence-electron chi connectivity index (χ3n) is 5.96. The number of phenols is 1. The summed E-state index contributed by atoms with van der Waals surface area (Å²) in [7, 11) is 1.63. The van der Waals surface area contributed by atoms with Gasteiger partial charge >= 0.3 is 0 Å². The Kier molecular flexibility index (Phi) is 13.8. The van der Waals surface area contributed by atoms with Gasteiger partial charge in [0, 0.05) is 12.5 Å². The van der Waals surface area contributed by atoms with Crippen LogP contribution in [0.1, 0.15) is 17.5 Å². The zero-order chi connectivity index (χ0) is 27.9. The largest absolute Gasteiger partial charge is 0.617 e. The highest BCUT2D eigenvalue weighted by Gasteiger charge is 2.26. The Balaban J connectivity index is 1.89. The quantitative estimate of drug-likeness (QED) is 0.147. The van der Waals surface area contributed by atoms with Crippen molar-refractivity contribution in [2.45, 2.75) is 37.4 Å². The number of phenolic OH excluding ortho intramolecular Hbond substituents is 1. The van der Waals surface area contributed by atoms with Gasteiger partial charge in [-0.3, -0.25) is 14.4 Å². The third-order valence-corrected chi connectivity index (χ3v) is 6.77. The predicted molar refractivity (Wildman–Crippen MR) is 147 cm³/mol. The summed E-state index contributed by atoms with van der Waals surface area (Å²) >= 11 is -1.17. The Bertz CT molecular complexity index is 1010. The number of aliphatic hydroxyl groups excluding tert-OH is 1. The highest BCUT2D eigenvalue weighted by atomic mass is 32.2. The molecule has 0 spiro atoms. The summed E-state index contributed by atoms with van der Waals surface area (Å²) in [5.74, 6) is -0.916. The number of likely N-dealkylation sites (N-methyl/N-ethyl adjacent to an activating group) is 1. The molecule has 0 radical (unpaired) electrons. The second-order valence-electron chi connectivity index (χ2n) is 9.05. The Morgan fingerprint density at radius 3 is 2.18 bits per heavy atom. The number of rotatable bonds is 17. The second kappa shape index (κ2) is 16.8. The van der Waals surface area contributed by atoms with Gasteiger partial charge in [0.05, 0.1) is 32.0 Å². The molecule has 2 amide bonds. The number of carbonyl (C=O) groups is 3. The SMILES string of the molecule is CN[C@@H](Cc1ccc(O)cc1)C(=O)N[C@H](CC[S+](C)[O-])C(=O)NCC(=O)CN[C@H](CO)Cc1ccccc1. The Hall–Kier alpha value is -2.96. The summed E-state index contributed by atoms with van der Waals surface area (Å²) in [6, 6.07) is 14.1. The van der Waals surface area contributed by atoms with Crippen molar-refractivity contribution in [2.75, 3.05) is 38.8 Å². The van der Waals surface area contributed by atoms with Crippen molar-refractivity contribution in [2.24, 2.45) is 0 Å². The van der Waals surface area contributed by atoms with Crippen LogP contribution in [0, 0.1) is 0 Å². The maximum Gasteiger partial charge on any atom is 0.243 e. The molecule has 2 aromatic carbocycles. The van der Waals surface area contributed by atoms with Gasteiger partial charge in [-0.2, -0.15) is 0 Å². The van der Waals surface area contributed by atoms with Crippen LogP contribution in [0.15, 0.2) is 54.6 Å². The molecule has 0 aliphatic carbocycles. The molecule has 2 rings (SSSR count). The van der Waals surface area contributed by atoms with Crippen LogP contribution < -0.4 is 21.3 Å². The fourth-order valence-electron chi connectivity index (χ4n) is 3.75. The molecule has 0 heterocycles. The lowest BCUT2D eigenvalue weighted by Gasteiger charge is -2.22. The normalized spacial score (nSPS) is 14.2. The van der Waals surface area contributed by atoms with E-state index in [1.807, 2.05) is 30.3 Å². The van der Waals surface area contributed by atoms with Gasteiger partial charge in [-0.15, -0.1) is 0 Å². The van der Waals surface area contributed by atoms with Crippen molar-refractivity contribution in [1.29, 1.82) is 0 Å². The van der Waals surface area contributed by atoms with Gasteiger partial charge in [0.1, 0.15) is 17.5 Å². The molecule has 0 saturated carbocycles. The van der Waals surface area contributed by atoms with E-state index in [0.29, 0.717) is 12.8 Å². The van der Waals surface area contributed by atoms with Crippen LogP contribution in [0.25, 0.3) is 0 Å². The number of ketones is 1. The van der Waals surface area contributed by atoms with Gasteiger partial charge in [-0.25, -0.2) is 0 Å². The van der Waals surface area contributed by atoms with Crippen LogP contribution in [0.5, 0.6) is 5.75 Å². The standard InChI is InChI=1S/C27H38N4O6S/c1-28-25(15-20-8-10-22(33)11-9-20)27(36)31-24(12-13-38(2)37)26(35)30-17-23(34)16-29-21(18-32)14-19-6-4-3-5-7-19/h3-11,21,24-25,28-29,32-33H,12-18H2,1-2H3,(H,30,35)(H,31,36)/t21-,24+,25-,38?/m0/s1. The number of nitrogens with one attached hydrogen (secondary N) is 4. The first-order valence-electron chi connectivity index (χ1n) is 12.4. The van der Waals surface area contributed by atoms with E-state index in [1.54, 1.807) is 19.2 Å². The van der Waals surface area contributed by atoms with Gasteiger partial charge < -0.3 is 36.0 Å². The average Bonchev–Trinajstić information content (AvgIpc) is 2.91. The minimum absolute atomic E-state index is 0.0389. The number of hydrogen-bond acceptors (Lipinski definition) is 8. The summed E-state index contributed by atoms with van der Waals surface area (Å²) < 4.78 is 11.6. The first-order chi connectivity index (χ1) is 18.2. The lowest BCUT2D eigenvalue weighted by Crippen LogP contribution is -2.54. The monoisotopic (exact) mass is 546 g/mol. The molecule has 6 N–H and O–H groups in total. The Morgan fingerprint density at radius 2 is 1.58 bits per heavy atom. The maximum absolute atomic E-state index is 12.9. The van der Waals surface area contributed by atoms with Crippen LogP contribution in [-0.2, 0) is 38.4 Å². The molecular formula is C27H38N4O6S. The van der Waals surface area contributed by atoms with Crippen molar-refractivity contribution in [1.82, 2.24) is 21.3 Å². The molecule has 1 unspecified atom stereocenters. The number of hydrogen-bond donors (Lipinski definition) is 6. The van der Waals surface area contributed by atoms with E-state index >= 15 is 0 Å². The molecule has 0 aliphatic heterocycles. The third kappa shape index (κ3) is 11.6. The fourth-order valence-corrected chi connectivity index (χ4v) is 4.32. The summed E-state index contributed by atoms with van der Waals surface area (Å²) in [6.07, 6.45) is 2.54. The van der Waals surface area contributed by atoms with Crippen molar-refractivity contribution >= 4 is 28.8 Å². The van der Waals surface area contributed by atoms with Crippen LogP contribution >= 0.6 is 0 Å². The fraction of sp³-hybridized carbons (Fsp3) is 0.444. The van der Waals surface area contributed by atoms with Gasteiger partial charge in [0.15, 0.2) is 5.78 Å². The van der Waals surface area contributed by atoms with E-state index in [-0.39, 0.29) is 49.4 Å². The molecule has 208 valence electrons. The number of benzene rings is 2. The molecule has 38 heavy (non-hydrogen) atoms. The van der Waals surface area contributed by atoms with Crippen molar-refractivity contribution < 1.29 is 29.1 Å². The van der Waals surface area contributed by atoms with Gasteiger partial charge in [0.2, 0.25) is 11.8 Å². The van der Waals surface area contributed by atoms with E-state index in [4.69, 9.17) is 0 Å². The van der Waals surface area contributed by atoms with E-state index < -0.39 is 35.1 Å². The molecule has 0 bridgehead atoms. The van der Waals surface area contributed by atoms with Crippen molar-refractivity contribution in [3.63, 3.8) is 0 Å². The van der Waals surface area contributed by atoms with E-state index in [0.717, 1.165) is 11.1 Å². The molecule has 11 heteroatoms. The zero-order valence-corrected chi connectivity index (χ0v) is 22.6. The number of aliphatic hydroxyl groups is 1. The number of aromatic hydroxyl groups is 1. The highest BCUT2D eigenvalue weighted by Crippen LogP contribution is 2.11. The molecule has 10 nitrogen and oxygen atoms in total. The lowest BCUT2D eigenvalue weighted by atomic mass is 10.0. The molecule has 4 atom stereocenters. The molecule has 0 aliphatic rings. The van der Waals surface area contributed by atoms with Gasteiger partial charge in [-0.05, 0) is 43.1 Å². The summed E-state index contributed by atoms with van der Waals surface area (Å²) in [5, 5.41) is 30.3. The van der Waals surface area contributed by atoms with Crippen molar-refractivity contribution in [3.05, 3.63) is 65.7 Å². The summed E-state index contributed by atoms with van der Waals surface area (Å²) in [6.45, 7) is -0.434. The topological polar surface area (TPSA) is 163 Å². The summed E-state index contributed by atoms with van der Waals surface area (Å²) in [5.41, 5.74) is 1.84. The molecule has 0 fully saturated rings. The number of carbonyl (C=O) groups excluding carboxylic acids is 3. The number of Topliss-reactive ketones (excluding diaryl/α,β-unsaturated/α-hetero) is 1. The predicted octanol–water partition coefficient (Wildman–Crippen LogP) is -0.345. The highest BCUT2D eigenvalue weighted by molar-refractivity contribution is 7.90. The average molecular weight is 547 g/mol. The van der Waals surface area contributed by atoms with E-state index in [9.17, 15) is 29.1 Å². The van der Waals surface area contributed by atoms with Crippen LogP contribution in [0.2, 0.25) is 0 Å². The molecule has 0 saturated heterocycles. The second-order valence-corrected chi connectivity index (χ2v) is 10.6. The van der Waals surface area contributed by atoms with Crippen molar-refractivity contribution in [3.8, 4) is 5.75 Å². The zero-order valence-electron chi connectivity index (χ0n) is 21.8. The maximum atomic E-state index is 12.9. The van der Waals surface area contributed by atoms with Gasteiger partial charge in [-0.1, -0.05) is 53.6 Å². The summed E-state index contributed by atoms with van der Waals surface area (Å²) in [4.78, 5) is 38.2. The molecular weight excluding hydrogens is 508 g/mol. The Labute approximate surface area is 226 Å². The van der Waals surface area contributed by atoms with Crippen LogP contribution in [0.3, 0.4) is 0 Å². The first-order valence-corrected chi connectivity index (χ1v) is 14.2. The first kappa shape index (κ1) is 31.3. The minimum Gasteiger partial charge on any atom is -0.617 e. The van der Waals surface area contributed by atoms with Crippen LogP contribution in [-0.4, -0.2) is 89.2 Å². The molecule has 0 aromatic heterocycles. The smallest absolute Gasteiger partial charge is 0.243 e.